The normalized spacial score (nSPS) is 16.2. The second-order valence-corrected chi connectivity index (χ2v) is 7.18. The van der Waals surface area contributed by atoms with Crippen LogP contribution in [0.25, 0.3) is 0 Å². The van der Waals surface area contributed by atoms with Gasteiger partial charge in [-0.15, -0.1) is 0 Å². The SMILES string of the molecule is Cc1ccccc1CC(=O)N[C@H](C)c1cc(=O)[nH]c(N2CCN(C)CC2)n1. The number of aromatic nitrogens is 2. The van der Waals surface area contributed by atoms with E-state index in [1.807, 2.05) is 38.1 Å². The topological polar surface area (TPSA) is 81.3 Å². The molecule has 1 saturated heterocycles. The van der Waals surface area contributed by atoms with E-state index in [9.17, 15) is 9.59 Å². The lowest BCUT2D eigenvalue weighted by molar-refractivity contribution is -0.121. The molecule has 7 heteroatoms. The first-order valence-corrected chi connectivity index (χ1v) is 9.31. The Morgan fingerprint density at radius 2 is 1.96 bits per heavy atom. The molecule has 7 nitrogen and oxygen atoms in total. The van der Waals surface area contributed by atoms with Gasteiger partial charge in [-0.1, -0.05) is 24.3 Å². The summed E-state index contributed by atoms with van der Waals surface area (Å²) in [5, 5.41) is 2.96. The predicted molar refractivity (Wildman–Crippen MR) is 106 cm³/mol. The van der Waals surface area contributed by atoms with E-state index in [1.54, 1.807) is 0 Å². The van der Waals surface area contributed by atoms with Crippen molar-refractivity contribution in [2.45, 2.75) is 26.3 Å². The van der Waals surface area contributed by atoms with Crippen molar-refractivity contribution >= 4 is 11.9 Å². The smallest absolute Gasteiger partial charge is 0.252 e. The molecule has 1 amide bonds. The van der Waals surface area contributed by atoms with Gasteiger partial charge in [0, 0.05) is 32.2 Å². The maximum Gasteiger partial charge on any atom is 0.252 e. The minimum atomic E-state index is -0.338. The highest BCUT2D eigenvalue weighted by molar-refractivity contribution is 5.79. The van der Waals surface area contributed by atoms with Crippen LogP contribution in [0, 0.1) is 6.92 Å². The Balaban J connectivity index is 1.69. The van der Waals surface area contributed by atoms with Crippen molar-refractivity contribution < 1.29 is 4.79 Å². The van der Waals surface area contributed by atoms with Crippen molar-refractivity contribution in [3.05, 3.63) is 57.5 Å². The molecule has 1 atom stereocenters. The summed E-state index contributed by atoms with van der Waals surface area (Å²) in [6.45, 7) is 7.33. The van der Waals surface area contributed by atoms with Crippen LogP contribution < -0.4 is 15.8 Å². The summed E-state index contributed by atoms with van der Waals surface area (Å²) in [6.07, 6.45) is 0.311. The van der Waals surface area contributed by atoms with E-state index in [4.69, 9.17) is 0 Å². The zero-order chi connectivity index (χ0) is 19.4. The van der Waals surface area contributed by atoms with Crippen LogP contribution in [0.15, 0.2) is 35.1 Å². The Labute approximate surface area is 159 Å². The van der Waals surface area contributed by atoms with Gasteiger partial charge in [-0.25, -0.2) is 4.98 Å². The van der Waals surface area contributed by atoms with Crippen molar-refractivity contribution in [3.8, 4) is 0 Å². The van der Waals surface area contributed by atoms with Gasteiger partial charge in [0.25, 0.3) is 5.56 Å². The molecule has 1 aliphatic heterocycles. The molecular weight excluding hydrogens is 342 g/mol. The molecule has 1 aliphatic rings. The number of benzene rings is 1. The van der Waals surface area contributed by atoms with Crippen molar-refractivity contribution in [1.29, 1.82) is 0 Å². The molecule has 1 aromatic carbocycles. The number of piperazine rings is 1. The first kappa shape index (κ1) is 19.1. The van der Waals surface area contributed by atoms with E-state index >= 15 is 0 Å². The average molecular weight is 369 g/mol. The summed E-state index contributed by atoms with van der Waals surface area (Å²) in [6, 6.07) is 8.95. The third kappa shape index (κ3) is 4.95. The molecule has 27 heavy (non-hydrogen) atoms. The van der Waals surface area contributed by atoms with E-state index in [2.05, 4.69) is 32.1 Å². The zero-order valence-electron chi connectivity index (χ0n) is 16.2. The molecule has 0 saturated carbocycles. The van der Waals surface area contributed by atoms with Gasteiger partial charge >= 0.3 is 0 Å². The molecule has 0 bridgehead atoms. The van der Waals surface area contributed by atoms with Crippen molar-refractivity contribution in [3.63, 3.8) is 0 Å². The van der Waals surface area contributed by atoms with Crippen LogP contribution in [0.4, 0.5) is 5.95 Å². The van der Waals surface area contributed by atoms with Gasteiger partial charge in [0.2, 0.25) is 11.9 Å². The zero-order valence-corrected chi connectivity index (χ0v) is 16.2. The molecule has 0 aliphatic carbocycles. The number of aromatic amines is 1. The van der Waals surface area contributed by atoms with Gasteiger partial charge in [0.15, 0.2) is 0 Å². The van der Waals surface area contributed by atoms with E-state index in [0.29, 0.717) is 18.1 Å². The van der Waals surface area contributed by atoms with Gasteiger partial charge in [-0.05, 0) is 32.0 Å². The number of hydrogen-bond donors (Lipinski definition) is 2. The molecular formula is C20H27N5O2. The second-order valence-electron chi connectivity index (χ2n) is 7.18. The number of nitrogens with one attached hydrogen (secondary N) is 2. The van der Waals surface area contributed by atoms with Crippen LogP contribution in [0.3, 0.4) is 0 Å². The molecule has 0 spiro atoms. The Morgan fingerprint density at radius 3 is 2.67 bits per heavy atom. The first-order valence-electron chi connectivity index (χ1n) is 9.31. The summed E-state index contributed by atoms with van der Waals surface area (Å²) in [5.74, 6) is 0.491. The van der Waals surface area contributed by atoms with Crippen LogP contribution in [0.5, 0.6) is 0 Å². The Bertz CT molecular complexity index is 855. The van der Waals surface area contributed by atoms with Crippen molar-refractivity contribution in [2.75, 3.05) is 38.1 Å². The summed E-state index contributed by atoms with van der Waals surface area (Å²) in [4.78, 5) is 36.2. The maximum absolute atomic E-state index is 12.4. The second kappa shape index (κ2) is 8.35. The highest BCUT2D eigenvalue weighted by Gasteiger charge is 2.19. The predicted octanol–water partition coefficient (Wildman–Crippen LogP) is 1.25. The summed E-state index contributed by atoms with van der Waals surface area (Å²) >= 11 is 0. The van der Waals surface area contributed by atoms with E-state index in [-0.39, 0.29) is 17.5 Å². The lowest BCUT2D eigenvalue weighted by Gasteiger charge is -2.32. The van der Waals surface area contributed by atoms with Crippen LogP contribution in [0.1, 0.15) is 29.8 Å². The van der Waals surface area contributed by atoms with Gasteiger partial charge in [-0.2, -0.15) is 0 Å². The third-order valence-corrected chi connectivity index (χ3v) is 4.99. The van der Waals surface area contributed by atoms with Gasteiger partial charge < -0.3 is 15.1 Å². The number of rotatable bonds is 5. The third-order valence-electron chi connectivity index (χ3n) is 4.99. The number of likely N-dealkylation sites (N-methyl/N-ethyl adjacent to an activating group) is 1. The molecule has 0 unspecified atom stereocenters. The number of nitrogens with zero attached hydrogens (tertiary/aromatic N) is 3. The number of H-pyrrole nitrogens is 1. The van der Waals surface area contributed by atoms with Crippen LogP contribution in [-0.2, 0) is 11.2 Å². The molecule has 2 aromatic rings. The summed E-state index contributed by atoms with van der Waals surface area (Å²) in [5.41, 5.74) is 2.46. The summed E-state index contributed by atoms with van der Waals surface area (Å²) < 4.78 is 0. The number of carbonyl (C=O) groups excluding carboxylic acids is 1. The number of amides is 1. The number of anilines is 1. The number of carbonyl (C=O) groups is 1. The van der Waals surface area contributed by atoms with Crippen molar-refractivity contribution in [1.82, 2.24) is 20.2 Å². The number of aryl methyl sites for hydroxylation is 1. The van der Waals surface area contributed by atoms with Gasteiger partial charge in [0.05, 0.1) is 18.2 Å². The quantitative estimate of drug-likeness (QED) is 0.829. The van der Waals surface area contributed by atoms with Crippen LogP contribution >= 0.6 is 0 Å². The standard InChI is InChI=1S/C20H27N5O2/c1-14-6-4-5-7-16(14)12-18(26)21-15(2)17-13-19(27)23-20(22-17)25-10-8-24(3)9-11-25/h4-7,13,15H,8-12H2,1-3H3,(H,21,26)(H,22,23,27)/t15-/m1/s1. The molecule has 1 aromatic heterocycles. The molecule has 0 radical (unpaired) electrons. The molecule has 1 fully saturated rings. The Morgan fingerprint density at radius 1 is 1.26 bits per heavy atom. The largest absolute Gasteiger partial charge is 0.348 e. The van der Waals surface area contributed by atoms with E-state index in [1.165, 1.54) is 6.07 Å². The fourth-order valence-electron chi connectivity index (χ4n) is 3.20. The molecule has 2 N–H and O–H groups in total. The highest BCUT2D eigenvalue weighted by atomic mass is 16.1. The van der Waals surface area contributed by atoms with Crippen molar-refractivity contribution in [2.24, 2.45) is 0 Å². The van der Waals surface area contributed by atoms with Crippen LogP contribution in [-0.4, -0.2) is 54.0 Å². The first-order chi connectivity index (χ1) is 12.9. The monoisotopic (exact) mass is 369 g/mol. The molecule has 3 rings (SSSR count). The summed E-state index contributed by atoms with van der Waals surface area (Å²) in [7, 11) is 2.08. The lowest BCUT2D eigenvalue weighted by atomic mass is 10.1. The minimum Gasteiger partial charge on any atom is -0.348 e. The van der Waals surface area contributed by atoms with E-state index in [0.717, 1.165) is 37.3 Å². The fourth-order valence-corrected chi connectivity index (χ4v) is 3.20. The molecule has 144 valence electrons. The van der Waals surface area contributed by atoms with E-state index < -0.39 is 0 Å². The maximum atomic E-state index is 12.4. The molecule has 2 heterocycles. The minimum absolute atomic E-state index is 0.0833. The average Bonchev–Trinajstić information content (AvgIpc) is 2.63. The van der Waals surface area contributed by atoms with Gasteiger partial charge in [-0.3, -0.25) is 14.6 Å². The van der Waals surface area contributed by atoms with Crippen LogP contribution in [0.2, 0.25) is 0 Å². The number of hydrogen-bond acceptors (Lipinski definition) is 5. The lowest BCUT2D eigenvalue weighted by Crippen LogP contribution is -2.45. The highest BCUT2D eigenvalue weighted by Crippen LogP contribution is 2.14. The Kier molecular flexibility index (Phi) is 5.91. The Hall–Kier alpha value is -2.67. The van der Waals surface area contributed by atoms with Gasteiger partial charge in [0.1, 0.15) is 0 Å². The fraction of sp³-hybridized carbons (Fsp3) is 0.450.